The van der Waals surface area contributed by atoms with Crippen LogP contribution in [0.25, 0.3) is 0 Å². The number of likely N-dealkylation sites (tertiary alicyclic amines) is 1. The number of furan rings is 1. The largest absolute Gasteiger partial charge is 0.456 e. The van der Waals surface area contributed by atoms with Crippen molar-refractivity contribution in [2.45, 2.75) is 43.9 Å². The second-order valence-electron chi connectivity index (χ2n) is 8.54. The molecule has 1 amide bonds. The van der Waals surface area contributed by atoms with Gasteiger partial charge < -0.3 is 24.6 Å². The van der Waals surface area contributed by atoms with Crippen LogP contribution in [0.3, 0.4) is 0 Å². The molecule has 4 heterocycles. The first-order chi connectivity index (χ1) is 15.2. The molecule has 0 atom stereocenters. The lowest BCUT2D eigenvalue weighted by molar-refractivity contribution is -0.137. The van der Waals surface area contributed by atoms with Crippen LogP contribution in [0.2, 0.25) is 0 Å². The van der Waals surface area contributed by atoms with Gasteiger partial charge in [-0.2, -0.15) is 13.2 Å². The van der Waals surface area contributed by atoms with Gasteiger partial charge in [-0.05, 0) is 64.0 Å². The molecule has 7 nitrogen and oxygen atoms in total. The van der Waals surface area contributed by atoms with Gasteiger partial charge in [0.05, 0.1) is 17.4 Å². The second-order valence-corrected chi connectivity index (χ2v) is 8.54. The monoisotopic (exact) mass is 452 g/mol. The fourth-order valence-electron chi connectivity index (χ4n) is 4.21. The zero-order valence-electron chi connectivity index (χ0n) is 17.9. The first kappa shape index (κ1) is 22.6. The Labute approximate surface area is 184 Å². The van der Waals surface area contributed by atoms with Gasteiger partial charge in [-0.15, -0.1) is 0 Å². The minimum absolute atomic E-state index is 0.0292. The van der Waals surface area contributed by atoms with Gasteiger partial charge in [-0.1, -0.05) is 0 Å². The van der Waals surface area contributed by atoms with Crippen molar-refractivity contribution >= 4 is 17.4 Å². The molecule has 0 bridgehead atoms. The van der Waals surface area contributed by atoms with Crippen LogP contribution in [0.5, 0.6) is 0 Å². The van der Waals surface area contributed by atoms with Crippen molar-refractivity contribution in [2.24, 2.45) is 0 Å². The molecule has 2 fully saturated rings. The average molecular weight is 452 g/mol. The fourth-order valence-corrected chi connectivity index (χ4v) is 4.21. The molecular weight excluding hydrogens is 425 g/mol. The molecule has 0 saturated carbocycles. The van der Waals surface area contributed by atoms with Crippen LogP contribution >= 0.6 is 0 Å². The van der Waals surface area contributed by atoms with Crippen molar-refractivity contribution in [2.75, 3.05) is 43.4 Å². The Morgan fingerprint density at radius 2 is 1.84 bits per heavy atom. The van der Waals surface area contributed by atoms with Crippen molar-refractivity contribution < 1.29 is 27.5 Å². The summed E-state index contributed by atoms with van der Waals surface area (Å²) in [6.45, 7) is 2.75. The number of rotatable bonds is 4. The number of amides is 1. The number of aromatic nitrogens is 1. The maximum Gasteiger partial charge on any atom is 0.417 e. The van der Waals surface area contributed by atoms with Gasteiger partial charge >= 0.3 is 6.18 Å². The number of hydrogen-bond acceptors (Lipinski definition) is 6. The SMILES string of the molecule is CN1CCC(c2ccc(C(=O)Nc3cc(C(F)(F)F)cnc3N3CCC(O)CC3)o2)CC1. The molecule has 10 heteroatoms. The number of pyridine rings is 1. The number of piperidine rings is 2. The van der Waals surface area contributed by atoms with E-state index in [4.69, 9.17) is 4.42 Å². The highest BCUT2D eigenvalue weighted by atomic mass is 19.4. The normalized spacial score (nSPS) is 19.3. The Bertz CT molecular complexity index is 946. The smallest absolute Gasteiger partial charge is 0.417 e. The van der Waals surface area contributed by atoms with Gasteiger partial charge in [0.15, 0.2) is 11.6 Å². The third-order valence-electron chi connectivity index (χ3n) is 6.18. The first-order valence-electron chi connectivity index (χ1n) is 10.8. The molecule has 0 spiro atoms. The molecule has 2 aromatic rings. The van der Waals surface area contributed by atoms with Crippen LogP contribution < -0.4 is 10.2 Å². The van der Waals surface area contributed by atoms with Crippen molar-refractivity contribution in [1.29, 1.82) is 0 Å². The number of aliphatic hydroxyl groups is 1. The zero-order chi connectivity index (χ0) is 22.9. The predicted molar refractivity (Wildman–Crippen MR) is 113 cm³/mol. The highest BCUT2D eigenvalue weighted by Crippen LogP contribution is 2.35. The number of aliphatic hydroxyl groups excluding tert-OH is 1. The van der Waals surface area contributed by atoms with Crippen molar-refractivity contribution in [3.63, 3.8) is 0 Å². The minimum atomic E-state index is -4.59. The Balaban J connectivity index is 1.55. The third-order valence-corrected chi connectivity index (χ3v) is 6.18. The van der Waals surface area contributed by atoms with Crippen LogP contribution in [0.1, 0.15) is 53.5 Å². The number of carbonyl (C=O) groups is 1. The van der Waals surface area contributed by atoms with Gasteiger partial charge in [0.25, 0.3) is 5.91 Å². The number of nitrogens with zero attached hydrogens (tertiary/aromatic N) is 3. The van der Waals surface area contributed by atoms with E-state index in [2.05, 4.69) is 22.2 Å². The maximum atomic E-state index is 13.3. The number of hydrogen-bond donors (Lipinski definition) is 2. The summed E-state index contributed by atoms with van der Waals surface area (Å²) in [6.07, 6.45) is -1.46. The molecule has 2 saturated heterocycles. The summed E-state index contributed by atoms with van der Waals surface area (Å²) < 4.78 is 45.6. The predicted octanol–water partition coefficient (Wildman–Crippen LogP) is 3.72. The quantitative estimate of drug-likeness (QED) is 0.736. The van der Waals surface area contributed by atoms with Crippen LogP contribution in [0.4, 0.5) is 24.7 Å². The van der Waals surface area contributed by atoms with E-state index >= 15 is 0 Å². The van der Waals surface area contributed by atoms with Crippen LogP contribution in [0.15, 0.2) is 28.8 Å². The van der Waals surface area contributed by atoms with Crippen molar-refractivity contribution in [1.82, 2.24) is 9.88 Å². The molecule has 32 heavy (non-hydrogen) atoms. The third kappa shape index (κ3) is 5.07. The van der Waals surface area contributed by atoms with Gasteiger partial charge in [-0.3, -0.25) is 4.79 Å². The standard InChI is InChI=1S/C22H27F3N4O3/c1-28-8-4-14(5-9-28)18-2-3-19(32-18)21(31)27-17-12-15(22(23,24)25)13-26-20(17)29-10-6-16(30)7-11-29/h2-3,12-14,16,30H,4-11H2,1H3,(H,27,31). The van der Waals surface area contributed by atoms with Crippen LogP contribution in [-0.4, -0.2) is 60.2 Å². The van der Waals surface area contributed by atoms with Gasteiger partial charge in [-0.25, -0.2) is 4.98 Å². The topological polar surface area (TPSA) is 81.8 Å². The molecule has 2 aromatic heterocycles. The Hall–Kier alpha value is -2.59. The van der Waals surface area contributed by atoms with Crippen molar-refractivity contribution in [3.05, 3.63) is 41.5 Å². The van der Waals surface area contributed by atoms with Crippen LogP contribution in [-0.2, 0) is 6.18 Å². The lowest BCUT2D eigenvalue weighted by atomic mass is 9.95. The Morgan fingerprint density at radius 1 is 1.16 bits per heavy atom. The molecule has 0 aliphatic carbocycles. The minimum Gasteiger partial charge on any atom is -0.456 e. The first-order valence-corrected chi connectivity index (χ1v) is 10.8. The molecule has 2 N–H and O–H groups in total. The highest BCUT2D eigenvalue weighted by Gasteiger charge is 2.33. The van der Waals surface area contributed by atoms with E-state index in [1.54, 1.807) is 17.0 Å². The van der Waals surface area contributed by atoms with E-state index < -0.39 is 23.8 Å². The van der Waals surface area contributed by atoms with E-state index in [0.29, 0.717) is 25.9 Å². The van der Waals surface area contributed by atoms with Crippen molar-refractivity contribution in [3.8, 4) is 0 Å². The van der Waals surface area contributed by atoms with E-state index in [0.717, 1.165) is 44.0 Å². The molecule has 174 valence electrons. The molecule has 4 rings (SSSR count). The molecule has 2 aliphatic heterocycles. The van der Waals surface area contributed by atoms with Crippen LogP contribution in [0, 0.1) is 0 Å². The van der Waals surface area contributed by atoms with E-state index in [1.807, 2.05) is 0 Å². The lowest BCUT2D eigenvalue weighted by Gasteiger charge is -2.32. The number of nitrogens with one attached hydrogen (secondary N) is 1. The summed E-state index contributed by atoms with van der Waals surface area (Å²) in [6, 6.07) is 4.22. The number of alkyl halides is 3. The second kappa shape index (κ2) is 9.11. The van der Waals surface area contributed by atoms with Gasteiger partial charge in [0, 0.05) is 25.2 Å². The van der Waals surface area contributed by atoms with E-state index in [1.165, 1.54) is 0 Å². The summed E-state index contributed by atoms with van der Waals surface area (Å²) in [5.41, 5.74) is -0.974. The summed E-state index contributed by atoms with van der Waals surface area (Å²) in [4.78, 5) is 20.8. The number of carbonyl (C=O) groups excluding carboxylic acids is 1. The Kier molecular flexibility index (Phi) is 6.43. The Morgan fingerprint density at radius 3 is 2.50 bits per heavy atom. The maximum absolute atomic E-state index is 13.3. The number of halogens is 3. The van der Waals surface area contributed by atoms with Gasteiger partial charge in [0.1, 0.15) is 5.76 Å². The molecule has 2 aliphatic rings. The molecule has 0 aromatic carbocycles. The molecular formula is C22H27F3N4O3. The zero-order valence-corrected chi connectivity index (χ0v) is 17.9. The summed E-state index contributed by atoms with van der Waals surface area (Å²) in [5.74, 6) is 0.620. The molecule has 0 unspecified atom stereocenters. The summed E-state index contributed by atoms with van der Waals surface area (Å²) in [5, 5.41) is 12.3. The average Bonchev–Trinajstić information content (AvgIpc) is 3.25. The number of anilines is 2. The molecule has 0 radical (unpaired) electrons. The summed E-state index contributed by atoms with van der Waals surface area (Å²) in [7, 11) is 2.06. The van der Waals surface area contributed by atoms with E-state index in [9.17, 15) is 23.1 Å². The van der Waals surface area contributed by atoms with Gasteiger partial charge in [0.2, 0.25) is 0 Å². The lowest BCUT2D eigenvalue weighted by Crippen LogP contribution is -2.37. The van der Waals surface area contributed by atoms with E-state index in [-0.39, 0.29) is 23.2 Å². The summed E-state index contributed by atoms with van der Waals surface area (Å²) >= 11 is 0. The highest BCUT2D eigenvalue weighted by molar-refractivity contribution is 6.04. The fraction of sp³-hybridized carbons (Fsp3) is 0.545.